The molecule has 1 aromatic carbocycles. The van der Waals surface area contributed by atoms with Crippen LogP contribution in [0.25, 0.3) is 0 Å². The molecule has 1 aromatic rings. The summed E-state index contributed by atoms with van der Waals surface area (Å²) in [5.74, 6) is 1.07. The topological polar surface area (TPSA) is 17.1 Å². The first-order chi connectivity index (χ1) is 14.3. The van der Waals surface area contributed by atoms with E-state index >= 15 is 0 Å². The van der Waals surface area contributed by atoms with Crippen LogP contribution in [0.1, 0.15) is 151 Å². The van der Waals surface area contributed by atoms with Crippen LogP contribution in [0.3, 0.4) is 0 Å². The number of benzene rings is 1. The second kappa shape index (κ2) is 15.7. The summed E-state index contributed by atoms with van der Waals surface area (Å²) in [4.78, 5) is 12.4. The van der Waals surface area contributed by atoms with Gasteiger partial charge in [-0.1, -0.05) is 128 Å². The molecular weight excluding hydrogens is 352 g/mol. The van der Waals surface area contributed by atoms with Crippen molar-refractivity contribution in [1.29, 1.82) is 0 Å². The van der Waals surface area contributed by atoms with Gasteiger partial charge in [-0.05, 0) is 30.7 Å². The van der Waals surface area contributed by atoms with Crippen molar-refractivity contribution in [3.63, 3.8) is 0 Å². The van der Waals surface area contributed by atoms with E-state index in [1.165, 1.54) is 115 Å². The number of carbonyl (C=O) groups is 1. The molecule has 1 aliphatic rings. The normalized spacial score (nSPS) is 14.9. The van der Waals surface area contributed by atoms with Gasteiger partial charge in [-0.15, -0.1) is 0 Å². The summed E-state index contributed by atoms with van der Waals surface area (Å²) in [6, 6.07) is 8.59. The predicted octanol–water partition coefficient (Wildman–Crippen LogP) is 9.40. The van der Waals surface area contributed by atoms with Crippen molar-refractivity contribution in [1.82, 2.24) is 0 Å². The van der Waals surface area contributed by atoms with E-state index in [-0.39, 0.29) is 0 Å². The molecule has 29 heavy (non-hydrogen) atoms. The summed E-state index contributed by atoms with van der Waals surface area (Å²) < 4.78 is 0. The Morgan fingerprint density at radius 1 is 0.690 bits per heavy atom. The lowest BCUT2D eigenvalue weighted by Crippen LogP contribution is -2.05. The van der Waals surface area contributed by atoms with E-state index in [1.54, 1.807) is 0 Å². The maximum Gasteiger partial charge on any atom is 0.162 e. The predicted molar refractivity (Wildman–Crippen MR) is 127 cm³/mol. The third-order valence-electron chi connectivity index (χ3n) is 6.82. The summed E-state index contributed by atoms with van der Waals surface area (Å²) in [5.41, 5.74) is 2.37. The van der Waals surface area contributed by atoms with Crippen molar-refractivity contribution in [2.24, 2.45) is 0 Å². The molecule has 2 rings (SSSR count). The first kappa shape index (κ1) is 24.2. The van der Waals surface area contributed by atoms with E-state index in [0.717, 1.165) is 24.3 Å². The number of hydrogen-bond acceptors (Lipinski definition) is 1. The Morgan fingerprint density at radius 2 is 1.17 bits per heavy atom. The van der Waals surface area contributed by atoms with Crippen molar-refractivity contribution < 1.29 is 4.79 Å². The minimum absolute atomic E-state index is 0.336. The van der Waals surface area contributed by atoms with Crippen molar-refractivity contribution >= 4 is 5.78 Å². The van der Waals surface area contributed by atoms with Crippen molar-refractivity contribution in [3.8, 4) is 0 Å². The summed E-state index contributed by atoms with van der Waals surface area (Å²) in [5, 5.41) is 0. The molecule has 0 spiro atoms. The van der Waals surface area contributed by atoms with Crippen LogP contribution in [0.5, 0.6) is 0 Å². The Morgan fingerprint density at radius 3 is 1.69 bits per heavy atom. The molecule has 1 fully saturated rings. The smallest absolute Gasteiger partial charge is 0.162 e. The molecule has 1 aliphatic carbocycles. The van der Waals surface area contributed by atoms with Gasteiger partial charge in [0.15, 0.2) is 5.78 Å². The highest BCUT2D eigenvalue weighted by Gasteiger charge is 2.15. The number of ketones is 1. The molecular formula is C28H46O. The van der Waals surface area contributed by atoms with Crippen LogP contribution in [-0.4, -0.2) is 5.78 Å². The van der Waals surface area contributed by atoms with E-state index in [0.29, 0.717) is 5.78 Å². The van der Waals surface area contributed by atoms with E-state index in [1.807, 2.05) is 0 Å². The lowest BCUT2D eigenvalue weighted by atomic mass is 9.84. The molecule has 0 radical (unpaired) electrons. The van der Waals surface area contributed by atoms with Crippen molar-refractivity contribution in [2.45, 2.75) is 135 Å². The Labute approximate surface area is 181 Å². The van der Waals surface area contributed by atoms with Gasteiger partial charge in [0.25, 0.3) is 0 Å². The Kier molecular flexibility index (Phi) is 13.1. The number of hydrogen-bond donors (Lipinski definition) is 0. The van der Waals surface area contributed by atoms with Gasteiger partial charge in [-0.3, -0.25) is 4.79 Å². The number of carbonyl (C=O) groups excluding carboxylic acids is 1. The van der Waals surface area contributed by atoms with Crippen LogP contribution in [0.2, 0.25) is 0 Å². The summed E-state index contributed by atoms with van der Waals surface area (Å²) in [6.07, 6.45) is 25.1. The summed E-state index contributed by atoms with van der Waals surface area (Å²) in [7, 11) is 0. The van der Waals surface area contributed by atoms with E-state index < -0.39 is 0 Å². The zero-order valence-electron chi connectivity index (χ0n) is 19.2. The van der Waals surface area contributed by atoms with Crippen molar-refractivity contribution in [3.05, 3.63) is 35.4 Å². The van der Waals surface area contributed by atoms with Gasteiger partial charge in [0.05, 0.1) is 0 Å². The van der Waals surface area contributed by atoms with E-state index in [9.17, 15) is 4.79 Å². The minimum Gasteiger partial charge on any atom is -0.294 e. The molecule has 0 N–H and O–H groups in total. The Balaban J connectivity index is 1.45. The zero-order chi connectivity index (χ0) is 20.6. The third-order valence-corrected chi connectivity index (χ3v) is 6.82. The first-order valence-electron chi connectivity index (χ1n) is 12.9. The molecule has 0 unspecified atom stereocenters. The van der Waals surface area contributed by atoms with Crippen LogP contribution in [0, 0.1) is 0 Å². The molecule has 0 atom stereocenters. The fraction of sp³-hybridized carbons (Fsp3) is 0.750. The van der Waals surface area contributed by atoms with Gasteiger partial charge in [0.1, 0.15) is 0 Å². The average molecular weight is 399 g/mol. The second-order valence-corrected chi connectivity index (χ2v) is 9.37. The molecule has 0 bridgehead atoms. The van der Waals surface area contributed by atoms with Gasteiger partial charge >= 0.3 is 0 Å². The monoisotopic (exact) mass is 398 g/mol. The third kappa shape index (κ3) is 10.5. The summed E-state index contributed by atoms with van der Waals surface area (Å²) >= 11 is 0. The van der Waals surface area contributed by atoms with Crippen LogP contribution in [0.15, 0.2) is 24.3 Å². The highest BCUT2D eigenvalue weighted by atomic mass is 16.1. The van der Waals surface area contributed by atoms with Crippen LogP contribution in [0.4, 0.5) is 0 Å². The van der Waals surface area contributed by atoms with Gasteiger partial charge in [0, 0.05) is 12.0 Å². The lowest BCUT2D eigenvalue weighted by molar-refractivity contribution is 0.0979. The molecule has 1 heteroatoms. The van der Waals surface area contributed by atoms with Gasteiger partial charge in [0.2, 0.25) is 0 Å². The summed E-state index contributed by atoms with van der Waals surface area (Å²) in [6.45, 7) is 2.28. The quantitative estimate of drug-likeness (QED) is 0.200. The highest BCUT2D eigenvalue weighted by molar-refractivity contribution is 5.96. The van der Waals surface area contributed by atoms with Crippen LogP contribution >= 0.6 is 0 Å². The highest BCUT2D eigenvalue weighted by Crippen LogP contribution is 2.32. The Hall–Kier alpha value is -1.11. The number of Topliss-reactive ketones (excluding diaryl/α,β-unsaturated/α-hetero) is 1. The minimum atomic E-state index is 0.336. The molecule has 1 nitrogen and oxygen atoms in total. The standard InChI is InChI=1S/C28H46O/c1-2-3-4-5-6-7-8-9-10-11-12-13-17-20-28(29)27-23-21-26(22-24-27)25-18-15-14-16-19-25/h21-25H,2-20H2,1H3. The lowest BCUT2D eigenvalue weighted by Gasteiger charge is -2.22. The maximum atomic E-state index is 12.4. The van der Waals surface area contributed by atoms with Gasteiger partial charge in [-0.2, -0.15) is 0 Å². The van der Waals surface area contributed by atoms with Crippen LogP contribution < -0.4 is 0 Å². The van der Waals surface area contributed by atoms with Gasteiger partial charge in [-0.25, -0.2) is 0 Å². The largest absolute Gasteiger partial charge is 0.294 e. The molecule has 0 aliphatic heterocycles. The zero-order valence-corrected chi connectivity index (χ0v) is 19.2. The average Bonchev–Trinajstić information content (AvgIpc) is 2.77. The molecule has 0 amide bonds. The Bertz CT molecular complexity index is 524. The molecule has 0 aromatic heterocycles. The van der Waals surface area contributed by atoms with Crippen molar-refractivity contribution in [2.75, 3.05) is 0 Å². The first-order valence-corrected chi connectivity index (χ1v) is 12.9. The molecule has 164 valence electrons. The molecule has 0 saturated heterocycles. The fourth-order valence-electron chi connectivity index (χ4n) is 4.82. The fourth-order valence-corrected chi connectivity index (χ4v) is 4.82. The molecule has 0 heterocycles. The SMILES string of the molecule is CCCCCCCCCCCCCCCC(=O)c1ccc(C2CCCCC2)cc1. The number of rotatable bonds is 16. The van der Waals surface area contributed by atoms with E-state index in [2.05, 4.69) is 31.2 Å². The molecule has 1 saturated carbocycles. The van der Waals surface area contributed by atoms with Crippen LogP contribution in [-0.2, 0) is 0 Å². The number of unbranched alkanes of at least 4 members (excludes halogenated alkanes) is 12. The van der Waals surface area contributed by atoms with Gasteiger partial charge < -0.3 is 0 Å². The second-order valence-electron chi connectivity index (χ2n) is 9.37. The maximum absolute atomic E-state index is 12.4. The van der Waals surface area contributed by atoms with E-state index in [4.69, 9.17) is 0 Å².